The quantitative estimate of drug-likeness (QED) is 0.422. The summed E-state index contributed by atoms with van der Waals surface area (Å²) in [6.45, 7) is 7.36. The Labute approximate surface area is 215 Å². The molecule has 0 amide bonds. The molecule has 35 heavy (non-hydrogen) atoms. The zero-order valence-electron chi connectivity index (χ0n) is 19.9. The van der Waals surface area contributed by atoms with Gasteiger partial charge >= 0.3 is 6.18 Å². The summed E-state index contributed by atoms with van der Waals surface area (Å²) in [6.07, 6.45) is -3.92. The molecule has 2 aliphatic rings. The van der Waals surface area contributed by atoms with Gasteiger partial charge in [0.1, 0.15) is 4.90 Å². The molecule has 10 heteroatoms. The van der Waals surface area contributed by atoms with Crippen LogP contribution in [0.5, 0.6) is 0 Å². The Morgan fingerprint density at radius 2 is 1.60 bits per heavy atom. The summed E-state index contributed by atoms with van der Waals surface area (Å²) < 4.78 is 67.3. The molecular formula is C25H29Cl2F3N2O2S. The second-order valence-corrected chi connectivity index (χ2v) is 13.1. The number of alkyl halides is 3. The zero-order chi connectivity index (χ0) is 25.8. The third-order valence-corrected chi connectivity index (χ3v) is 9.86. The maximum absolute atomic E-state index is 13.8. The first-order chi connectivity index (χ1) is 16.1. The molecule has 0 N–H and O–H groups in total. The number of likely N-dealkylation sites (tertiary alicyclic amines) is 1. The van der Waals surface area contributed by atoms with E-state index in [0.717, 1.165) is 11.1 Å². The van der Waals surface area contributed by atoms with E-state index in [9.17, 15) is 21.6 Å². The third kappa shape index (κ3) is 5.17. The van der Waals surface area contributed by atoms with Gasteiger partial charge in [-0.25, -0.2) is 8.42 Å². The van der Waals surface area contributed by atoms with Crippen molar-refractivity contribution in [3.05, 3.63) is 57.6 Å². The molecule has 0 aromatic heterocycles. The van der Waals surface area contributed by atoms with Gasteiger partial charge in [-0.2, -0.15) is 13.2 Å². The van der Waals surface area contributed by atoms with Crippen molar-refractivity contribution in [1.82, 2.24) is 4.90 Å². The molecule has 2 heterocycles. The highest BCUT2D eigenvalue weighted by Crippen LogP contribution is 2.51. The maximum Gasteiger partial charge on any atom is 0.390 e. The fourth-order valence-corrected chi connectivity index (χ4v) is 7.73. The van der Waals surface area contributed by atoms with Crippen LogP contribution in [-0.4, -0.2) is 45.7 Å². The van der Waals surface area contributed by atoms with Crippen LogP contribution in [0.1, 0.15) is 51.2 Å². The van der Waals surface area contributed by atoms with Crippen molar-refractivity contribution in [2.24, 2.45) is 0 Å². The third-order valence-electron chi connectivity index (χ3n) is 7.14. The molecule has 0 unspecified atom stereocenters. The van der Waals surface area contributed by atoms with Crippen molar-refractivity contribution in [3.63, 3.8) is 0 Å². The average Bonchev–Trinajstić information content (AvgIpc) is 3.06. The largest absolute Gasteiger partial charge is 0.390 e. The van der Waals surface area contributed by atoms with Gasteiger partial charge in [0.05, 0.1) is 22.2 Å². The molecule has 192 valence electrons. The van der Waals surface area contributed by atoms with Gasteiger partial charge < -0.3 is 4.90 Å². The summed E-state index contributed by atoms with van der Waals surface area (Å²) >= 11 is 12.6. The molecule has 2 aromatic carbocycles. The molecule has 2 aliphatic heterocycles. The van der Waals surface area contributed by atoms with Crippen LogP contribution >= 0.6 is 23.2 Å². The Balaban J connectivity index is 1.74. The first-order valence-corrected chi connectivity index (χ1v) is 13.7. The van der Waals surface area contributed by atoms with Gasteiger partial charge in [-0.15, -0.1) is 0 Å². The smallest absolute Gasteiger partial charge is 0.303 e. The van der Waals surface area contributed by atoms with Crippen molar-refractivity contribution in [2.45, 2.75) is 61.9 Å². The van der Waals surface area contributed by atoms with Crippen LogP contribution in [0.2, 0.25) is 10.0 Å². The van der Waals surface area contributed by atoms with Gasteiger partial charge in [-0.05, 0) is 60.7 Å². The predicted octanol–water partition coefficient (Wildman–Crippen LogP) is 6.79. The number of benzene rings is 2. The fourth-order valence-electron chi connectivity index (χ4n) is 5.06. The van der Waals surface area contributed by atoms with E-state index in [4.69, 9.17) is 23.2 Å². The summed E-state index contributed by atoms with van der Waals surface area (Å²) in [4.78, 5) is 1.68. The lowest BCUT2D eigenvalue weighted by Gasteiger charge is -2.40. The van der Waals surface area contributed by atoms with E-state index >= 15 is 0 Å². The second kappa shape index (κ2) is 9.12. The number of hydrogen-bond acceptors (Lipinski definition) is 3. The van der Waals surface area contributed by atoms with E-state index in [1.807, 2.05) is 17.0 Å². The topological polar surface area (TPSA) is 40.6 Å². The van der Waals surface area contributed by atoms with E-state index in [1.54, 1.807) is 6.07 Å². The standard InChI is InChI=1S/C25H29Cl2F3N2O2S/c1-23(2,3)17-7-8-21-18(15-17)24(9-12-31(13-10-24)14-11-25(28,29)30)16-32(21)35(33,34)22-19(26)5-4-6-20(22)27/h4-8,15H,9-14,16H2,1-3H3. The van der Waals surface area contributed by atoms with Gasteiger partial charge in [0.25, 0.3) is 10.0 Å². The van der Waals surface area contributed by atoms with E-state index < -0.39 is 28.0 Å². The monoisotopic (exact) mass is 548 g/mol. The van der Waals surface area contributed by atoms with Crippen LogP contribution in [0.15, 0.2) is 41.3 Å². The Hall–Kier alpha value is -1.48. The molecular weight excluding hydrogens is 520 g/mol. The van der Waals surface area contributed by atoms with E-state index in [2.05, 4.69) is 26.8 Å². The summed E-state index contributed by atoms with van der Waals surface area (Å²) in [7, 11) is -4.07. The molecule has 4 rings (SSSR count). The normalized spacial score (nSPS) is 18.8. The lowest BCUT2D eigenvalue weighted by atomic mass is 9.72. The van der Waals surface area contributed by atoms with Crippen LogP contribution < -0.4 is 4.31 Å². The van der Waals surface area contributed by atoms with E-state index in [1.165, 1.54) is 16.4 Å². The van der Waals surface area contributed by atoms with Crippen molar-refractivity contribution >= 4 is 38.9 Å². The lowest BCUT2D eigenvalue weighted by molar-refractivity contribution is -0.138. The number of piperidine rings is 1. The van der Waals surface area contributed by atoms with Crippen molar-refractivity contribution in [2.75, 3.05) is 30.5 Å². The number of nitrogens with zero attached hydrogens (tertiary/aromatic N) is 2. The van der Waals surface area contributed by atoms with Crippen LogP contribution in [-0.2, 0) is 20.9 Å². The number of fused-ring (bicyclic) bond motifs is 2. The molecule has 0 saturated carbocycles. The minimum atomic E-state index is -4.20. The first kappa shape index (κ1) is 26.6. The minimum Gasteiger partial charge on any atom is -0.303 e. The molecule has 1 saturated heterocycles. The van der Waals surface area contributed by atoms with Gasteiger partial charge in [0.15, 0.2) is 0 Å². The molecule has 4 nitrogen and oxygen atoms in total. The molecule has 0 radical (unpaired) electrons. The first-order valence-electron chi connectivity index (χ1n) is 11.5. The highest BCUT2D eigenvalue weighted by atomic mass is 35.5. The van der Waals surface area contributed by atoms with Crippen LogP contribution in [0.25, 0.3) is 0 Å². The summed E-state index contributed by atoms with van der Waals surface area (Å²) in [5, 5.41) is 0.0987. The van der Waals surface area contributed by atoms with Gasteiger partial charge in [-0.3, -0.25) is 4.31 Å². The van der Waals surface area contributed by atoms with Crippen LogP contribution in [0.4, 0.5) is 18.9 Å². The number of halogens is 5. The number of anilines is 1. The van der Waals surface area contributed by atoms with Crippen molar-refractivity contribution < 1.29 is 21.6 Å². The Morgan fingerprint density at radius 3 is 2.14 bits per heavy atom. The zero-order valence-corrected chi connectivity index (χ0v) is 22.3. The SMILES string of the molecule is CC(C)(C)c1ccc2c(c1)C1(CCN(CCC(F)(F)F)CC1)CN2S(=O)(=O)c1c(Cl)cccc1Cl. The predicted molar refractivity (Wildman–Crippen MR) is 134 cm³/mol. The molecule has 0 atom stereocenters. The second-order valence-electron chi connectivity index (χ2n) is 10.5. The van der Waals surface area contributed by atoms with Crippen LogP contribution in [0.3, 0.4) is 0 Å². The fraction of sp³-hybridized carbons (Fsp3) is 0.520. The molecule has 1 spiro atoms. The van der Waals surface area contributed by atoms with Gasteiger partial charge in [-0.1, -0.05) is 62.2 Å². The lowest BCUT2D eigenvalue weighted by Crippen LogP contribution is -2.46. The van der Waals surface area contributed by atoms with E-state index in [0.29, 0.717) is 31.6 Å². The summed E-state index contributed by atoms with van der Waals surface area (Å²) in [5.41, 5.74) is 1.93. The Bertz CT molecular complexity index is 1200. The summed E-state index contributed by atoms with van der Waals surface area (Å²) in [6, 6.07) is 10.4. The highest BCUT2D eigenvalue weighted by Gasteiger charge is 2.49. The molecule has 2 aromatic rings. The van der Waals surface area contributed by atoms with Crippen LogP contribution in [0, 0.1) is 0 Å². The summed E-state index contributed by atoms with van der Waals surface area (Å²) in [5.74, 6) is 0. The minimum absolute atomic E-state index is 0.0493. The number of hydrogen-bond donors (Lipinski definition) is 0. The van der Waals surface area contributed by atoms with E-state index in [-0.39, 0.29) is 33.4 Å². The van der Waals surface area contributed by atoms with Crippen molar-refractivity contribution in [3.8, 4) is 0 Å². The molecule has 1 fully saturated rings. The molecule has 0 aliphatic carbocycles. The highest BCUT2D eigenvalue weighted by molar-refractivity contribution is 7.93. The van der Waals surface area contributed by atoms with Gasteiger partial charge in [0.2, 0.25) is 0 Å². The van der Waals surface area contributed by atoms with Crippen molar-refractivity contribution in [1.29, 1.82) is 0 Å². The maximum atomic E-state index is 13.8. The molecule has 0 bridgehead atoms. The van der Waals surface area contributed by atoms with Gasteiger partial charge in [0, 0.05) is 18.5 Å². The Kier molecular flexibility index (Phi) is 6.93. The number of sulfonamides is 1. The Morgan fingerprint density at radius 1 is 1.00 bits per heavy atom. The average molecular weight is 549 g/mol. The number of rotatable bonds is 4.